The van der Waals surface area contributed by atoms with Crippen LogP contribution in [0.2, 0.25) is 0 Å². The second kappa shape index (κ2) is 8.86. The van der Waals surface area contributed by atoms with E-state index in [1.54, 1.807) is 18.2 Å². The SMILES string of the molecule is COc1ccc(NC(=O)Cc2ccc([N+](=O)[O-])o2)cc1OCCN(C)C. The number of rotatable bonds is 9. The first-order chi connectivity index (χ1) is 12.4. The van der Waals surface area contributed by atoms with Gasteiger partial charge in [-0.3, -0.25) is 14.9 Å². The summed E-state index contributed by atoms with van der Waals surface area (Å²) in [5.41, 5.74) is 0.525. The van der Waals surface area contributed by atoms with Gasteiger partial charge in [-0.1, -0.05) is 0 Å². The molecule has 9 heteroatoms. The van der Waals surface area contributed by atoms with Gasteiger partial charge in [0, 0.05) is 18.3 Å². The van der Waals surface area contributed by atoms with Crippen LogP contribution in [0.15, 0.2) is 34.7 Å². The van der Waals surface area contributed by atoms with Gasteiger partial charge in [-0.15, -0.1) is 0 Å². The zero-order chi connectivity index (χ0) is 19.1. The number of ether oxygens (including phenoxy) is 2. The maximum Gasteiger partial charge on any atom is 0.433 e. The standard InChI is InChI=1S/C17H21N3O6/c1-19(2)8-9-25-15-10-12(4-6-14(15)24-3)18-16(21)11-13-5-7-17(26-13)20(22)23/h4-7,10H,8-9,11H2,1-3H3,(H,18,21). The van der Waals surface area contributed by atoms with E-state index >= 15 is 0 Å². The summed E-state index contributed by atoms with van der Waals surface area (Å²) in [6.45, 7) is 1.20. The van der Waals surface area contributed by atoms with Crippen LogP contribution < -0.4 is 14.8 Å². The summed E-state index contributed by atoms with van der Waals surface area (Å²) < 4.78 is 15.9. The van der Waals surface area contributed by atoms with Crippen LogP contribution in [0.1, 0.15) is 5.76 Å². The van der Waals surface area contributed by atoms with Crippen LogP contribution >= 0.6 is 0 Å². The summed E-state index contributed by atoms with van der Waals surface area (Å²) in [5.74, 6) is 0.529. The van der Waals surface area contributed by atoms with E-state index in [0.29, 0.717) is 23.8 Å². The second-order valence-electron chi connectivity index (χ2n) is 5.74. The number of nitrogens with one attached hydrogen (secondary N) is 1. The molecule has 0 aliphatic rings. The van der Waals surface area contributed by atoms with Crippen LogP contribution in [0.4, 0.5) is 11.6 Å². The third-order valence-corrected chi connectivity index (χ3v) is 3.41. The van der Waals surface area contributed by atoms with Crippen LogP contribution in [0.3, 0.4) is 0 Å². The summed E-state index contributed by atoms with van der Waals surface area (Å²) >= 11 is 0. The highest BCUT2D eigenvalue weighted by Crippen LogP contribution is 2.30. The predicted molar refractivity (Wildman–Crippen MR) is 94.7 cm³/mol. The Morgan fingerprint density at radius 1 is 1.27 bits per heavy atom. The molecule has 140 valence electrons. The van der Waals surface area contributed by atoms with E-state index in [0.717, 1.165) is 6.54 Å². The van der Waals surface area contributed by atoms with Crippen molar-refractivity contribution in [2.75, 3.05) is 39.7 Å². The molecule has 0 spiro atoms. The van der Waals surface area contributed by atoms with Crippen LogP contribution in [-0.4, -0.2) is 50.1 Å². The Morgan fingerprint density at radius 2 is 2.04 bits per heavy atom. The van der Waals surface area contributed by atoms with Crippen LogP contribution in [0, 0.1) is 10.1 Å². The van der Waals surface area contributed by atoms with Gasteiger partial charge in [-0.25, -0.2) is 0 Å². The van der Waals surface area contributed by atoms with Crippen molar-refractivity contribution in [3.63, 3.8) is 0 Å². The summed E-state index contributed by atoms with van der Waals surface area (Å²) in [7, 11) is 5.42. The molecule has 0 radical (unpaired) electrons. The average Bonchev–Trinajstić information content (AvgIpc) is 3.03. The number of anilines is 1. The number of methoxy groups -OCH3 is 1. The number of nitrogens with zero attached hydrogens (tertiary/aromatic N) is 2. The van der Waals surface area contributed by atoms with E-state index in [2.05, 4.69) is 5.32 Å². The van der Waals surface area contributed by atoms with Gasteiger partial charge in [0.1, 0.15) is 17.3 Å². The first-order valence-electron chi connectivity index (χ1n) is 7.87. The quantitative estimate of drug-likeness (QED) is 0.538. The van der Waals surface area contributed by atoms with Gasteiger partial charge >= 0.3 is 5.88 Å². The van der Waals surface area contributed by atoms with E-state index < -0.39 is 10.8 Å². The predicted octanol–water partition coefficient (Wildman–Crippen LogP) is 2.32. The number of hydrogen-bond acceptors (Lipinski definition) is 7. The molecule has 0 aliphatic carbocycles. The summed E-state index contributed by atoms with van der Waals surface area (Å²) in [6, 6.07) is 7.66. The lowest BCUT2D eigenvalue weighted by molar-refractivity contribution is -0.402. The molecule has 0 bridgehead atoms. The lowest BCUT2D eigenvalue weighted by atomic mass is 10.2. The first-order valence-corrected chi connectivity index (χ1v) is 7.87. The van der Waals surface area contributed by atoms with Gasteiger partial charge in [0.15, 0.2) is 11.5 Å². The smallest absolute Gasteiger partial charge is 0.433 e. The Balaban J connectivity index is 2.00. The number of carbonyl (C=O) groups is 1. The first kappa shape index (κ1) is 19.3. The third-order valence-electron chi connectivity index (χ3n) is 3.41. The van der Waals surface area contributed by atoms with Crippen molar-refractivity contribution in [1.29, 1.82) is 0 Å². The van der Waals surface area contributed by atoms with Gasteiger partial charge in [0.25, 0.3) is 0 Å². The highest BCUT2D eigenvalue weighted by Gasteiger charge is 2.15. The normalized spacial score (nSPS) is 10.6. The van der Waals surface area contributed by atoms with Gasteiger partial charge in [-0.2, -0.15) is 0 Å². The lowest BCUT2D eigenvalue weighted by Crippen LogP contribution is -2.19. The van der Waals surface area contributed by atoms with E-state index in [-0.39, 0.29) is 18.1 Å². The molecule has 9 nitrogen and oxygen atoms in total. The molecule has 2 aromatic rings. The molecule has 0 fully saturated rings. The molecule has 0 saturated carbocycles. The fraction of sp³-hybridized carbons (Fsp3) is 0.353. The number of amides is 1. The molecule has 0 atom stereocenters. The van der Waals surface area contributed by atoms with Crippen molar-refractivity contribution in [3.05, 3.63) is 46.2 Å². The van der Waals surface area contributed by atoms with Crippen molar-refractivity contribution in [2.45, 2.75) is 6.42 Å². The molecule has 0 saturated heterocycles. The highest BCUT2D eigenvalue weighted by atomic mass is 16.6. The molecule has 2 rings (SSSR count). The zero-order valence-electron chi connectivity index (χ0n) is 14.9. The second-order valence-corrected chi connectivity index (χ2v) is 5.74. The molecule has 0 unspecified atom stereocenters. The van der Waals surface area contributed by atoms with Crippen molar-refractivity contribution in [3.8, 4) is 11.5 Å². The molecule has 1 aromatic carbocycles. The van der Waals surface area contributed by atoms with Crippen molar-refractivity contribution >= 4 is 17.5 Å². The van der Waals surface area contributed by atoms with E-state index in [9.17, 15) is 14.9 Å². The van der Waals surface area contributed by atoms with E-state index in [4.69, 9.17) is 13.9 Å². The fourth-order valence-electron chi connectivity index (χ4n) is 2.13. The number of carbonyl (C=O) groups excluding carboxylic acids is 1. The van der Waals surface area contributed by atoms with Gasteiger partial charge in [-0.05, 0) is 32.3 Å². The third kappa shape index (κ3) is 5.49. The molecule has 1 aromatic heterocycles. The number of furan rings is 1. The summed E-state index contributed by atoms with van der Waals surface area (Å²) in [6.07, 6.45) is -0.114. The van der Waals surface area contributed by atoms with Crippen LogP contribution in [-0.2, 0) is 11.2 Å². The highest BCUT2D eigenvalue weighted by molar-refractivity contribution is 5.92. The molecule has 1 N–H and O–H groups in total. The minimum absolute atomic E-state index is 0.114. The molecular weight excluding hydrogens is 342 g/mol. The Kier molecular flexibility index (Phi) is 6.56. The Morgan fingerprint density at radius 3 is 2.65 bits per heavy atom. The Bertz CT molecular complexity index is 772. The van der Waals surface area contributed by atoms with E-state index in [1.807, 2.05) is 19.0 Å². The number of hydrogen-bond donors (Lipinski definition) is 1. The molecule has 1 heterocycles. The van der Waals surface area contributed by atoms with Gasteiger partial charge in [0.2, 0.25) is 5.91 Å². The number of likely N-dealkylation sites (N-methyl/N-ethyl adjacent to an activating group) is 1. The molecule has 1 amide bonds. The molecule has 0 aliphatic heterocycles. The van der Waals surface area contributed by atoms with Crippen LogP contribution in [0.5, 0.6) is 11.5 Å². The minimum atomic E-state index is -0.651. The number of nitro groups is 1. The fourth-order valence-corrected chi connectivity index (χ4v) is 2.13. The van der Waals surface area contributed by atoms with Crippen LogP contribution in [0.25, 0.3) is 0 Å². The minimum Gasteiger partial charge on any atom is -0.493 e. The van der Waals surface area contributed by atoms with Gasteiger partial charge < -0.3 is 24.1 Å². The zero-order valence-corrected chi connectivity index (χ0v) is 14.9. The average molecular weight is 363 g/mol. The van der Waals surface area contributed by atoms with Crippen molar-refractivity contribution in [1.82, 2.24) is 4.90 Å². The summed E-state index contributed by atoms with van der Waals surface area (Å²) in [5, 5.41) is 13.3. The topological polar surface area (TPSA) is 107 Å². The van der Waals surface area contributed by atoms with E-state index in [1.165, 1.54) is 19.2 Å². The Hall–Kier alpha value is -3.07. The van der Waals surface area contributed by atoms with Gasteiger partial charge in [0.05, 0.1) is 19.6 Å². The lowest BCUT2D eigenvalue weighted by Gasteiger charge is -2.14. The molecule has 26 heavy (non-hydrogen) atoms. The maximum atomic E-state index is 12.1. The van der Waals surface area contributed by atoms with Crippen molar-refractivity contribution in [2.24, 2.45) is 0 Å². The molecular formula is C17H21N3O6. The van der Waals surface area contributed by atoms with Crippen molar-refractivity contribution < 1.29 is 23.6 Å². The maximum absolute atomic E-state index is 12.1. The summed E-state index contributed by atoms with van der Waals surface area (Å²) in [4.78, 5) is 24.0. The number of benzene rings is 1. The Labute approximate surface area is 150 Å². The monoisotopic (exact) mass is 363 g/mol. The largest absolute Gasteiger partial charge is 0.493 e.